The number of fused-ring (bicyclic) bond motifs is 2. The molecule has 2 amide bonds. The van der Waals surface area contributed by atoms with E-state index in [-0.39, 0.29) is 24.9 Å². The molecule has 1 aromatic heterocycles. The second-order valence-corrected chi connectivity index (χ2v) is 9.09. The van der Waals surface area contributed by atoms with E-state index >= 15 is 0 Å². The highest BCUT2D eigenvalue weighted by Gasteiger charge is 2.27. The Morgan fingerprint density at radius 1 is 1.11 bits per heavy atom. The van der Waals surface area contributed by atoms with Gasteiger partial charge in [-0.2, -0.15) is 0 Å². The summed E-state index contributed by atoms with van der Waals surface area (Å²) in [4.78, 5) is 39.7. The van der Waals surface area contributed by atoms with Crippen LogP contribution in [0, 0.1) is 6.92 Å². The van der Waals surface area contributed by atoms with E-state index in [1.54, 1.807) is 30.1 Å². The van der Waals surface area contributed by atoms with E-state index in [0.717, 1.165) is 12.1 Å². The standard InChI is InChI=1S/C26H34N6O4/c1-5-27-10-11-31(17-25(34)30(4)32-15-19-8-6-7-9-20(19)16-32)24(33)14-28-21-13-23-22(12-18(21)2)29(3)26(35)36-23/h6-9,12-13,27-28H,5,10-11,14-17H2,1-4H3. The SMILES string of the molecule is CCNCCN(CC(=O)N(C)N1Cc2ccccc2C1)C(=O)CNc1cc2oc(=O)n(C)c2cc1C. The number of nitrogens with one attached hydrogen (secondary N) is 2. The van der Waals surface area contributed by atoms with E-state index in [2.05, 4.69) is 22.8 Å². The molecule has 4 rings (SSSR count). The molecule has 10 heteroatoms. The van der Waals surface area contributed by atoms with Crippen molar-refractivity contribution < 1.29 is 14.0 Å². The number of aryl methyl sites for hydroxylation is 2. The lowest BCUT2D eigenvalue weighted by molar-refractivity contribution is -0.151. The number of aromatic nitrogens is 1. The van der Waals surface area contributed by atoms with Gasteiger partial charge in [-0.15, -0.1) is 0 Å². The van der Waals surface area contributed by atoms with Gasteiger partial charge >= 0.3 is 5.76 Å². The Bertz CT molecular complexity index is 1290. The highest BCUT2D eigenvalue weighted by molar-refractivity contribution is 5.87. The normalized spacial score (nSPS) is 13.1. The van der Waals surface area contributed by atoms with E-state index < -0.39 is 5.76 Å². The fourth-order valence-corrected chi connectivity index (χ4v) is 4.38. The minimum Gasteiger partial charge on any atom is -0.408 e. The van der Waals surface area contributed by atoms with Crippen LogP contribution in [0.3, 0.4) is 0 Å². The molecule has 1 aliphatic rings. The monoisotopic (exact) mass is 494 g/mol. The van der Waals surface area contributed by atoms with Crippen LogP contribution >= 0.6 is 0 Å². The molecular weight excluding hydrogens is 460 g/mol. The largest absolute Gasteiger partial charge is 0.419 e. The number of anilines is 1. The third-order valence-electron chi connectivity index (χ3n) is 6.67. The number of carbonyl (C=O) groups excluding carboxylic acids is 2. The van der Waals surface area contributed by atoms with Crippen molar-refractivity contribution in [3.8, 4) is 0 Å². The van der Waals surface area contributed by atoms with Crippen molar-refractivity contribution in [3.05, 3.63) is 63.6 Å². The van der Waals surface area contributed by atoms with E-state index in [4.69, 9.17) is 4.42 Å². The van der Waals surface area contributed by atoms with Crippen LogP contribution in [0.15, 0.2) is 45.6 Å². The van der Waals surface area contributed by atoms with Gasteiger partial charge in [-0.05, 0) is 36.2 Å². The summed E-state index contributed by atoms with van der Waals surface area (Å²) >= 11 is 0. The molecule has 0 atom stereocenters. The van der Waals surface area contributed by atoms with Gasteiger partial charge < -0.3 is 20.0 Å². The van der Waals surface area contributed by atoms with E-state index in [9.17, 15) is 14.4 Å². The molecule has 0 fully saturated rings. The lowest BCUT2D eigenvalue weighted by Gasteiger charge is -2.31. The van der Waals surface area contributed by atoms with Gasteiger partial charge in [0.1, 0.15) is 6.54 Å². The second kappa shape index (κ2) is 11.0. The zero-order valence-electron chi connectivity index (χ0n) is 21.3. The maximum absolute atomic E-state index is 13.2. The molecule has 192 valence electrons. The van der Waals surface area contributed by atoms with Gasteiger partial charge in [0.2, 0.25) is 5.91 Å². The van der Waals surface area contributed by atoms with Crippen molar-refractivity contribution in [2.24, 2.45) is 7.05 Å². The van der Waals surface area contributed by atoms with Gasteiger partial charge in [-0.1, -0.05) is 31.2 Å². The van der Waals surface area contributed by atoms with Crippen molar-refractivity contribution in [1.82, 2.24) is 24.8 Å². The lowest BCUT2D eigenvalue weighted by Crippen LogP contribution is -2.49. The minimum atomic E-state index is -0.434. The summed E-state index contributed by atoms with van der Waals surface area (Å²) in [5.74, 6) is -0.763. The molecule has 0 unspecified atom stereocenters. The lowest BCUT2D eigenvalue weighted by atomic mass is 10.1. The average Bonchev–Trinajstić information content (AvgIpc) is 3.42. The molecule has 3 aromatic rings. The summed E-state index contributed by atoms with van der Waals surface area (Å²) in [6.45, 7) is 7.03. The number of likely N-dealkylation sites (N-methyl/N-ethyl adjacent to an activating group) is 2. The number of amides is 2. The van der Waals surface area contributed by atoms with Gasteiger partial charge in [-0.25, -0.2) is 9.80 Å². The first-order valence-corrected chi connectivity index (χ1v) is 12.2. The first-order chi connectivity index (χ1) is 17.3. The molecule has 2 heterocycles. The number of nitrogens with zero attached hydrogens (tertiary/aromatic N) is 4. The zero-order chi connectivity index (χ0) is 25.8. The van der Waals surface area contributed by atoms with Crippen LogP contribution in [-0.4, -0.2) is 71.1 Å². The molecule has 1 aliphatic heterocycles. The third kappa shape index (κ3) is 5.44. The number of carbonyl (C=O) groups is 2. The Balaban J connectivity index is 1.41. The first-order valence-electron chi connectivity index (χ1n) is 12.2. The van der Waals surface area contributed by atoms with Gasteiger partial charge in [0.05, 0.1) is 12.1 Å². The van der Waals surface area contributed by atoms with Crippen LogP contribution < -0.4 is 16.4 Å². The van der Waals surface area contributed by atoms with E-state index in [1.807, 2.05) is 37.1 Å². The fraction of sp³-hybridized carbons (Fsp3) is 0.423. The van der Waals surface area contributed by atoms with Crippen LogP contribution in [0.4, 0.5) is 5.69 Å². The molecular formula is C26H34N6O4. The summed E-state index contributed by atoms with van der Waals surface area (Å²) in [7, 11) is 3.41. The number of hydrogen-bond donors (Lipinski definition) is 2. The van der Waals surface area contributed by atoms with E-state index in [0.29, 0.717) is 43.0 Å². The Morgan fingerprint density at radius 2 is 1.81 bits per heavy atom. The molecule has 0 radical (unpaired) electrons. The van der Waals surface area contributed by atoms with Crippen LogP contribution in [-0.2, 0) is 29.7 Å². The smallest absolute Gasteiger partial charge is 0.408 e. The number of hydrogen-bond acceptors (Lipinski definition) is 7. The highest BCUT2D eigenvalue weighted by atomic mass is 16.4. The van der Waals surface area contributed by atoms with Crippen molar-refractivity contribution >= 4 is 28.6 Å². The van der Waals surface area contributed by atoms with Crippen LogP contribution in [0.5, 0.6) is 0 Å². The summed E-state index contributed by atoms with van der Waals surface area (Å²) in [5, 5.41) is 9.99. The average molecular weight is 495 g/mol. The van der Waals surface area contributed by atoms with Crippen LogP contribution in [0.25, 0.3) is 11.1 Å². The molecule has 0 bridgehead atoms. The molecule has 2 N–H and O–H groups in total. The summed E-state index contributed by atoms with van der Waals surface area (Å²) < 4.78 is 6.72. The van der Waals surface area contributed by atoms with Gasteiger partial charge in [0, 0.05) is 52.0 Å². The minimum absolute atomic E-state index is 0.0131. The number of benzene rings is 2. The summed E-state index contributed by atoms with van der Waals surface area (Å²) in [5.41, 5.74) is 5.16. The maximum atomic E-state index is 13.2. The quantitative estimate of drug-likeness (QED) is 0.414. The Hall–Kier alpha value is -3.63. The molecule has 0 saturated carbocycles. The van der Waals surface area contributed by atoms with Crippen LogP contribution in [0.1, 0.15) is 23.6 Å². The Kier molecular flexibility index (Phi) is 7.76. The fourth-order valence-electron chi connectivity index (χ4n) is 4.38. The zero-order valence-corrected chi connectivity index (χ0v) is 21.3. The highest BCUT2D eigenvalue weighted by Crippen LogP contribution is 2.24. The Labute approximate surface area is 210 Å². The Morgan fingerprint density at radius 3 is 2.47 bits per heavy atom. The van der Waals surface area contributed by atoms with Gasteiger partial charge in [0.15, 0.2) is 5.58 Å². The third-order valence-corrected chi connectivity index (χ3v) is 6.67. The molecule has 0 saturated heterocycles. The molecule has 36 heavy (non-hydrogen) atoms. The summed E-state index contributed by atoms with van der Waals surface area (Å²) in [6.07, 6.45) is 0. The molecule has 2 aromatic carbocycles. The number of hydrazine groups is 1. The molecule has 0 spiro atoms. The van der Waals surface area contributed by atoms with Crippen molar-refractivity contribution in [2.75, 3.05) is 45.1 Å². The maximum Gasteiger partial charge on any atom is 0.419 e. The second-order valence-electron chi connectivity index (χ2n) is 9.09. The number of oxazole rings is 1. The summed E-state index contributed by atoms with van der Waals surface area (Å²) in [6, 6.07) is 11.7. The van der Waals surface area contributed by atoms with Crippen molar-refractivity contribution in [3.63, 3.8) is 0 Å². The van der Waals surface area contributed by atoms with Crippen LogP contribution in [0.2, 0.25) is 0 Å². The predicted octanol–water partition coefficient (Wildman–Crippen LogP) is 1.68. The first kappa shape index (κ1) is 25.5. The van der Waals surface area contributed by atoms with Gasteiger partial charge in [-0.3, -0.25) is 19.2 Å². The topological polar surface area (TPSA) is 103 Å². The van der Waals surface area contributed by atoms with E-state index in [1.165, 1.54) is 15.7 Å². The number of rotatable bonds is 10. The van der Waals surface area contributed by atoms with Crippen molar-refractivity contribution in [2.45, 2.75) is 26.9 Å². The predicted molar refractivity (Wildman–Crippen MR) is 138 cm³/mol. The van der Waals surface area contributed by atoms with Crippen molar-refractivity contribution in [1.29, 1.82) is 0 Å². The molecule has 10 nitrogen and oxygen atoms in total. The van der Waals surface area contributed by atoms with Gasteiger partial charge in [0.25, 0.3) is 5.91 Å². The molecule has 0 aliphatic carbocycles.